The average molecular weight is 955 g/mol. The molecule has 2 aliphatic heterocycles. The van der Waals surface area contributed by atoms with Crippen LogP contribution in [-0.4, -0.2) is 149 Å². The predicted octanol–water partition coefficient (Wildman–Crippen LogP) is 1.59. The summed E-state index contributed by atoms with van der Waals surface area (Å²) in [6.45, 7) is -1.21. The van der Waals surface area contributed by atoms with E-state index < -0.39 is 198 Å². The van der Waals surface area contributed by atoms with Gasteiger partial charge in [0.1, 0.15) is 18.3 Å². The molecule has 0 spiro atoms. The summed E-state index contributed by atoms with van der Waals surface area (Å²) in [4.78, 5) is 66.8. The number of carbonyl (C=O) groups excluding carboxylic acids is 4. The van der Waals surface area contributed by atoms with Gasteiger partial charge in [0.2, 0.25) is 35.0 Å². The first kappa shape index (κ1) is 46.4. The first-order valence-electron chi connectivity index (χ1n) is 18.6. The monoisotopic (exact) mass is 954 g/mol. The number of rotatable bonds is 7. The number of cyclic esters (lactones) is 1. The predicted molar refractivity (Wildman–Crippen MR) is 210 cm³/mol. The lowest BCUT2D eigenvalue weighted by atomic mass is 9.92. The van der Waals surface area contributed by atoms with Gasteiger partial charge in [-0.25, -0.2) is 24.0 Å². The van der Waals surface area contributed by atoms with E-state index in [0.717, 1.165) is 0 Å². The Hall–Kier alpha value is -9.63. The Kier molecular flexibility index (Phi) is 11.6. The number of esters is 4. The van der Waals surface area contributed by atoms with E-state index in [1.807, 2.05) is 0 Å². The number of carboxylic acids is 1. The fourth-order valence-corrected chi connectivity index (χ4v) is 6.84. The largest absolute Gasteiger partial charge is 0.504 e. The molecule has 16 N–H and O–H groups in total. The van der Waals surface area contributed by atoms with E-state index >= 15 is 0 Å². The third-order valence-electron chi connectivity index (χ3n) is 10.1. The first-order valence-corrected chi connectivity index (χ1v) is 18.6. The fourth-order valence-electron chi connectivity index (χ4n) is 6.84. The first-order chi connectivity index (χ1) is 31.9. The Morgan fingerprint density at radius 1 is 0.529 bits per heavy atom. The molecule has 0 radical (unpaired) electrons. The van der Waals surface area contributed by atoms with Crippen molar-refractivity contribution in [2.45, 2.75) is 30.7 Å². The van der Waals surface area contributed by atoms with E-state index in [1.165, 1.54) is 0 Å². The molecular weight excluding hydrogens is 924 g/mol. The molecule has 0 amide bonds. The van der Waals surface area contributed by atoms with Gasteiger partial charge in [0.05, 0.1) is 22.3 Å². The molecule has 356 valence electrons. The molecule has 5 aromatic rings. The van der Waals surface area contributed by atoms with Crippen LogP contribution in [0.4, 0.5) is 0 Å². The number of phenols is 14. The van der Waals surface area contributed by atoms with Gasteiger partial charge in [-0.2, -0.15) is 0 Å². The summed E-state index contributed by atoms with van der Waals surface area (Å²) in [5, 5.41) is 166. The van der Waals surface area contributed by atoms with Gasteiger partial charge in [-0.1, -0.05) is 0 Å². The number of aliphatic hydroxyl groups excluding tert-OH is 1. The van der Waals surface area contributed by atoms with Crippen molar-refractivity contribution < 1.29 is 134 Å². The molecule has 3 unspecified atom stereocenters. The molecule has 0 bridgehead atoms. The Morgan fingerprint density at radius 2 is 0.985 bits per heavy atom. The van der Waals surface area contributed by atoms with E-state index in [0.29, 0.717) is 42.5 Å². The number of carboxylic acid groups (broad SMARTS) is 1. The summed E-state index contributed by atoms with van der Waals surface area (Å²) in [6.07, 6.45) is -11.8. The summed E-state index contributed by atoms with van der Waals surface area (Å²) in [6, 6.07) is 3.48. The van der Waals surface area contributed by atoms with Crippen LogP contribution in [0.2, 0.25) is 0 Å². The van der Waals surface area contributed by atoms with E-state index in [9.17, 15) is 106 Å². The number of aromatic hydroxyl groups is 14. The van der Waals surface area contributed by atoms with Crippen molar-refractivity contribution in [3.05, 3.63) is 70.3 Å². The van der Waals surface area contributed by atoms with Crippen LogP contribution < -0.4 is 4.74 Å². The lowest BCUT2D eigenvalue weighted by molar-refractivity contribution is -0.283. The second-order valence-electron chi connectivity index (χ2n) is 14.4. The molecule has 1 saturated heterocycles. The molecule has 27 nitrogen and oxygen atoms in total. The molecule has 5 aromatic carbocycles. The molecule has 5 atom stereocenters. The standard InChI is InChI=1S/C41H30O27/c42-14-1-9(2-15(43)24(14)49)37(59)67-35-31(56)41(68-38(60)10-3-19(47)33(20(48)4-10)65-32-13(36(57)58)7-18(46)27(52)30(32)55)64-21-8-63-39(61)11-5-16(44)25(50)28(53)22(11)23-12(40(62)66-34(21)35)6-17(45)26(51)29(23)54/h1-7,21,31,34-35,41-56H,8H2,(H,57,58)/t21?,31?,34-,35?,41+/m1/s1. The lowest BCUT2D eigenvalue weighted by Crippen LogP contribution is -2.62. The highest BCUT2D eigenvalue weighted by atomic mass is 16.7. The molecule has 2 aliphatic rings. The average Bonchev–Trinajstić information content (AvgIpc) is 3.29. The van der Waals surface area contributed by atoms with Crippen LogP contribution in [0.15, 0.2) is 42.5 Å². The number of ether oxygens (including phenoxy) is 6. The molecule has 0 saturated carbocycles. The zero-order chi connectivity index (χ0) is 50.0. The molecule has 1 fully saturated rings. The Balaban J connectivity index is 1.29. The number of aromatic carboxylic acids is 1. The number of carbonyl (C=O) groups is 5. The van der Waals surface area contributed by atoms with Crippen LogP contribution in [0, 0.1) is 0 Å². The van der Waals surface area contributed by atoms with Crippen molar-refractivity contribution in [1.29, 1.82) is 0 Å². The van der Waals surface area contributed by atoms with Crippen LogP contribution in [0.25, 0.3) is 11.1 Å². The Bertz CT molecular complexity index is 2950. The van der Waals surface area contributed by atoms with Crippen molar-refractivity contribution in [3.8, 4) is 103 Å². The highest BCUT2D eigenvalue weighted by Gasteiger charge is 2.53. The van der Waals surface area contributed by atoms with Gasteiger partial charge in [-0.05, 0) is 36.4 Å². The topological polar surface area (TPSA) is 464 Å². The number of hydrogen-bond acceptors (Lipinski definition) is 26. The Labute approximate surface area is 374 Å². The van der Waals surface area contributed by atoms with Crippen LogP contribution in [0.5, 0.6) is 92.0 Å². The molecule has 0 aromatic heterocycles. The van der Waals surface area contributed by atoms with Gasteiger partial charge < -0.3 is 110 Å². The fraction of sp³-hybridized carbons (Fsp3) is 0.146. The second kappa shape index (κ2) is 17.1. The highest BCUT2D eigenvalue weighted by Crippen LogP contribution is 2.54. The van der Waals surface area contributed by atoms with Crippen LogP contribution in [0.1, 0.15) is 51.8 Å². The van der Waals surface area contributed by atoms with Crippen molar-refractivity contribution in [3.63, 3.8) is 0 Å². The van der Waals surface area contributed by atoms with Gasteiger partial charge in [-0.3, -0.25) is 0 Å². The quantitative estimate of drug-likeness (QED) is 0.0625. The van der Waals surface area contributed by atoms with Gasteiger partial charge in [0.25, 0.3) is 0 Å². The lowest BCUT2D eigenvalue weighted by Gasteiger charge is -2.42. The third kappa shape index (κ3) is 7.96. The van der Waals surface area contributed by atoms with Crippen LogP contribution in [0.3, 0.4) is 0 Å². The van der Waals surface area contributed by atoms with Crippen molar-refractivity contribution in [1.82, 2.24) is 0 Å². The van der Waals surface area contributed by atoms with E-state index in [1.54, 1.807) is 0 Å². The van der Waals surface area contributed by atoms with Crippen molar-refractivity contribution in [2.75, 3.05) is 6.61 Å². The second-order valence-corrected chi connectivity index (χ2v) is 14.4. The molecule has 68 heavy (non-hydrogen) atoms. The number of phenolic OH excluding ortho intramolecular Hbond substituents is 14. The minimum absolute atomic E-state index is 0.426. The van der Waals surface area contributed by atoms with Gasteiger partial charge in [0, 0.05) is 17.2 Å². The van der Waals surface area contributed by atoms with Crippen LogP contribution in [-0.2, 0) is 23.7 Å². The summed E-state index contributed by atoms with van der Waals surface area (Å²) in [7, 11) is 0. The maximum absolute atomic E-state index is 14.1. The van der Waals surface area contributed by atoms with E-state index in [4.69, 9.17) is 28.4 Å². The van der Waals surface area contributed by atoms with Gasteiger partial charge in [0.15, 0.2) is 81.6 Å². The van der Waals surface area contributed by atoms with Crippen molar-refractivity contribution >= 4 is 29.8 Å². The molecule has 0 aliphatic carbocycles. The van der Waals surface area contributed by atoms with E-state index in [2.05, 4.69) is 0 Å². The Morgan fingerprint density at radius 3 is 1.51 bits per heavy atom. The molecule has 7 rings (SSSR count). The normalized spacial score (nSPS) is 18.9. The minimum atomic E-state index is -2.56. The smallest absolute Gasteiger partial charge is 0.340 e. The number of hydrogen-bond donors (Lipinski definition) is 16. The summed E-state index contributed by atoms with van der Waals surface area (Å²) >= 11 is 0. The third-order valence-corrected chi connectivity index (χ3v) is 10.1. The molecular formula is C41H30O27. The van der Waals surface area contributed by atoms with Crippen LogP contribution >= 0.6 is 0 Å². The molecule has 2 heterocycles. The summed E-state index contributed by atoms with van der Waals surface area (Å²) in [5.74, 6) is -28.0. The summed E-state index contributed by atoms with van der Waals surface area (Å²) in [5.41, 5.74) is -6.69. The summed E-state index contributed by atoms with van der Waals surface area (Å²) < 4.78 is 32.3. The van der Waals surface area contributed by atoms with Gasteiger partial charge >= 0.3 is 29.8 Å². The van der Waals surface area contributed by atoms with E-state index in [-0.39, 0.29) is 0 Å². The maximum Gasteiger partial charge on any atom is 0.340 e. The number of fused-ring (bicyclic) bond motifs is 4. The number of aliphatic hydroxyl groups is 1. The zero-order valence-corrected chi connectivity index (χ0v) is 33.3. The minimum Gasteiger partial charge on any atom is -0.504 e. The zero-order valence-electron chi connectivity index (χ0n) is 33.3. The SMILES string of the molecule is O=C(OC1C(O)[C@H](OC(=O)c2cc(O)c(Oc3c(C(=O)O)cc(O)c(O)c3O)c(O)c2)OC2COC(=O)c3cc(O)c(O)c(O)c3-c3c(cc(O)c(O)c3O)C(=O)O[C@H]21)c1cc(O)c(O)c(O)c1. The van der Waals surface area contributed by atoms with Crippen molar-refractivity contribution in [2.24, 2.45) is 0 Å². The van der Waals surface area contributed by atoms with Gasteiger partial charge in [-0.15, -0.1) is 0 Å². The molecule has 27 heteroatoms. The number of benzene rings is 5. The highest BCUT2D eigenvalue weighted by molar-refractivity contribution is 6.08. The maximum atomic E-state index is 14.1.